The van der Waals surface area contributed by atoms with Crippen LogP contribution in [-0.4, -0.2) is 58.6 Å². The van der Waals surface area contributed by atoms with Gasteiger partial charge in [-0.05, 0) is 50.6 Å². The molecule has 1 saturated heterocycles. The highest BCUT2D eigenvalue weighted by atomic mass is 16.2. The fourth-order valence-electron chi connectivity index (χ4n) is 3.50. The molecular weight excluding hydrogens is 380 g/mol. The van der Waals surface area contributed by atoms with Gasteiger partial charge in [0.05, 0.1) is 11.2 Å². The summed E-state index contributed by atoms with van der Waals surface area (Å²) >= 11 is 0. The molecular formula is C22H32N6O2. The van der Waals surface area contributed by atoms with E-state index in [0.717, 1.165) is 25.2 Å². The van der Waals surface area contributed by atoms with Crippen molar-refractivity contribution in [2.75, 3.05) is 37.6 Å². The minimum Gasteiger partial charge on any atom is -0.353 e. The molecule has 0 atom stereocenters. The molecule has 1 aromatic heterocycles. The Labute approximate surface area is 177 Å². The van der Waals surface area contributed by atoms with Crippen molar-refractivity contribution in [3.8, 4) is 5.69 Å². The predicted molar refractivity (Wildman–Crippen MR) is 119 cm³/mol. The van der Waals surface area contributed by atoms with Crippen LogP contribution < -0.4 is 21.6 Å². The Morgan fingerprint density at radius 1 is 1.13 bits per heavy atom. The maximum absolute atomic E-state index is 12.6. The first-order chi connectivity index (χ1) is 14.3. The van der Waals surface area contributed by atoms with Gasteiger partial charge in [-0.1, -0.05) is 19.1 Å². The van der Waals surface area contributed by atoms with Crippen LogP contribution in [0.2, 0.25) is 0 Å². The molecule has 2 heterocycles. The number of carbonyl (C=O) groups is 1. The number of benzene rings is 1. The Morgan fingerprint density at radius 2 is 1.80 bits per heavy atom. The SMILES string of the molecule is CCCNCc1ccc(-n2ccc(N3CCN(C(=O)C(C)(C)N)CC3)nc2=O)cc1. The molecule has 1 aromatic carbocycles. The van der Waals surface area contributed by atoms with Gasteiger partial charge in [-0.3, -0.25) is 9.36 Å². The van der Waals surface area contributed by atoms with Gasteiger partial charge in [-0.25, -0.2) is 4.79 Å². The number of nitrogens with two attached hydrogens (primary N) is 1. The van der Waals surface area contributed by atoms with Crippen LogP contribution in [0.3, 0.4) is 0 Å². The Morgan fingerprint density at radius 3 is 2.37 bits per heavy atom. The molecule has 1 amide bonds. The zero-order valence-corrected chi connectivity index (χ0v) is 18.1. The highest BCUT2D eigenvalue weighted by Crippen LogP contribution is 2.15. The third-order valence-electron chi connectivity index (χ3n) is 5.20. The molecule has 162 valence electrons. The van der Waals surface area contributed by atoms with Crippen LogP contribution in [0.1, 0.15) is 32.8 Å². The number of rotatable bonds is 7. The topological polar surface area (TPSA) is 96.5 Å². The van der Waals surface area contributed by atoms with Gasteiger partial charge in [0.25, 0.3) is 0 Å². The van der Waals surface area contributed by atoms with Gasteiger partial charge in [0.1, 0.15) is 5.82 Å². The Bertz CT molecular complexity index is 908. The smallest absolute Gasteiger partial charge is 0.353 e. The van der Waals surface area contributed by atoms with Crippen LogP contribution in [0.5, 0.6) is 0 Å². The van der Waals surface area contributed by atoms with Crippen molar-refractivity contribution in [2.45, 2.75) is 39.3 Å². The first kappa shape index (κ1) is 22.0. The van der Waals surface area contributed by atoms with Crippen molar-refractivity contribution >= 4 is 11.7 Å². The second-order valence-electron chi connectivity index (χ2n) is 8.28. The van der Waals surface area contributed by atoms with E-state index >= 15 is 0 Å². The van der Waals surface area contributed by atoms with Gasteiger partial charge in [-0.2, -0.15) is 4.98 Å². The molecule has 0 saturated carbocycles. The average molecular weight is 413 g/mol. The van der Waals surface area contributed by atoms with E-state index in [1.165, 1.54) is 5.56 Å². The summed E-state index contributed by atoms with van der Waals surface area (Å²) in [4.78, 5) is 33.0. The maximum atomic E-state index is 12.6. The van der Waals surface area contributed by atoms with Crippen molar-refractivity contribution in [3.05, 3.63) is 52.6 Å². The van der Waals surface area contributed by atoms with Gasteiger partial charge < -0.3 is 20.9 Å². The van der Waals surface area contributed by atoms with Gasteiger partial charge in [0.2, 0.25) is 5.91 Å². The molecule has 1 aliphatic heterocycles. The summed E-state index contributed by atoms with van der Waals surface area (Å²) in [6, 6.07) is 9.76. The van der Waals surface area contributed by atoms with Crippen molar-refractivity contribution in [1.29, 1.82) is 0 Å². The number of piperazine rings is 1. The van der Waals surface area contributed by atoms with Crippen molar-refractivity contribution < 1.29 is 4.79 Å². The second kappa shape index (κ2) is 9.40. The zero-order valence-electron chi connectivity index (χ0n) is 18.1. The van der Waals surface area contributed by atoms with E-state index in [9.17, 15) is 9.59 Å². The lowest BCUT2D eigenvalue weighted by Crippen LogP contribution is -2.57. The largest absolute Gasteiger partial charge is 0.354 e. The highest BCUT2D eigenvalue weighted by molar-refractivity contribution is 5.85. The number of nitrogens with one attached hydrogen (secondary N) is 1. The van der Waals surface area contributed by atoms with Crippen LogP contribution in [0.25, 0.3) is 5.69 Å². The summed E-state index contributed by atoms with van der Waals surface area (Å²) in [5.41, 5.74) is 6.71. The lowest BCUT2D eigenvalue weighted by molar-refractivity contribution is -0.136. The number of nitrogens with zero attached hydrogens (tertiary/aromatic N) is 4. The van der Waals surface area contributed by atoms with Gasteiger partial charge in [0.15, 0.2) is 0 Å². The second-order valence-corrected chi connectivity index (χ2v) is 8.28. The summed E-state index contributed by atoms with van der Waals surface area (Å²) < 4.78 is 1.55. The predicted octanol–water partition coefficient (Wildman–Crippen LogP) is 1.12. The maximum Gasteiger partial charge on any atom is 0.354 e. The molecule has 30 heavy (non-hydrogen) atoms. The van der Waals surface area contributed by atoms with Gasteiger partial charge in [-0.15, -0.1) is 0 Å². The Kier molecular flexibility index (Phi) is 6.89. The molecule has 0 aliphatic carbocycles. The first-order valence-corrected chi connectivity index (χ1v) is 10.5. The molecule has 0 spiro atoms. The molecule has 0 radical (unpaired) electrons. The van der Waals surface area contributed by atoms with Crippen LogP contribution in [0, 0.1) is 0 Å². The minimum absolute atomic E-state index is 0.0566. The molecule has 1 aliphatic rings. The van der Waals surface area contributed by atoms with Crippen LogP contribution in [0.15, 0.2) is 41.3 Å². The molecule has 2 aromatic rings. The lowest BCUT2D eigenvalue weighted by atomic mass is 10.0. The third-order valence-corrected chi connectivity index (χ3v) is 5.20. The molecule has 3 rings (SSSR count). The average Bonchev–Trinajstić information content (AvgIpc) is 2.73. The summed E-state index contributed by atoms with van der Waals surface area (Å²) in [5.74, 6) is 0.578. The third kappa shape index (κ3) is 5.25. The first-order valence-electron chi connectivity index (χ1n) is 10.5. The Hall–Kier alpha value is -2.71. The Balaban J connectivity index is 1.65. The number of carbonyl (C=O) groups excluding carboxylic acids is 1. The lowest BCUT2D eigenvalue weighted by Gasteiger charge is -2.37. The fraction of sp³-hybridized carbons (Fsp3) is 0.500. The molecule has 8 heteroatoms. The number of amides is 1. The quantitative estimate of drug-likeness (QED) is 0.662. The van der Waals surface area contributed by atoms with Gasteiger partial charge >= 0.3 is 5.69 Å². The van der Waals surface area contributed by atoms with Crippen LogP contribution in [-0.2, 0) is 11.3 Å². The minimum atomic E-state index is -0.873. The zero-order chi connectivity index (χ0) is 21.7. The van der Waals surface area contributed by atoms with E-state index in [-0.39, 0.29) is 11.6 Å². The molecule has 0 bridgehead atoms. The van der Waals surface area contributed by atoms with E-state index in [1.807, 2.05) is 35.2 Å². The van der Waals surface area contributed by atoms with Crippen LogP contribution in [0.4, 0.5) is 5.82 Å². The van der Waals surface area contributed by atoms with Crippen molar-refractivity contribution in [2.24, 2.45) is 5.73 Å². The highest BCUT2D eigenvalue weighted by Gasteiger charge is 2.30. The molecule has 1 fully saturated rings. The van der Waals surface area contributed by atoms with Gasteiger partial charge in [0, 0.05) is 38.9 Å². The van der Waals surface area contributed by atoms with E-state index in [4.69, 9.17) is 5.73 Å². The summed E-state index contributed by atoms with van der Waals surface area (Å²) in [6.45, 7) is 9.76. The van der Waals surface area contributed by atoms with E-state index in [2.05, 4.69) is 17.2 Å². The standard InChI is InChI=1S/C22H32N6O2/c1-4-10-24-16-17-5-7-18(8-6-17)28-11-9-19(25-21(28)30)26-12-14-27(15-13-26)20(29)22(2,3)23/h5-9,11,24H,4,10,12-16,23H2,1-3H3. The molecule has 8 nitrogen and oxygen atoms in total. The number of anilines is 1. The fourth-order valence-corrected chi connectivity index (χ4v) is 3.50. The van der Waals surface area contributed by atoms with E-state index in [1.54, 1.807) is 29.5 Å². The molecule has 3 N–H and O–H groups in total. The molecule has 0 unspecified atom stereocenters. The summed E-state index contributed by atoms with van der Waals surface area (Å²) in [5, 5.41) is 3.37. The number of hydrogen-bond donors (Lipinski definition) is 2. The van der Waals surface area contributed by atoms with Crippen LogP contribution >= 0.6 is 0 Å². The van der Waals surface area contributed by atoms with E-state index < -0.39 is 5.54 Å². The number of hydrogen-bond acceptors (Lipinski definition) is 6. The van der Waals surface area contributed by atoms with Crippen molar-refractivity contribution in [3.63, 3.8) is 0 Å². The summed E-state index contributed by atoms with van der Waals surface area (Å²) in [7, 11) is 0. The normalized spacial score (nSPS) is 14.8. The van der Waals surface area contributed by atoms with Crippen molar-refractivity contribution in [1.82, 2.24) is 19.8 Å². The van der Waals surface area contributed by atoms with E-state index in [0.29, 0.717) is 32.0 Å². The summed E-state index contributed by atoms with van der Waals surface area (Å²) in [6.07, 6.45) is 2.86. The number of aromatic nitrogens is 2. The monoisotopic (exact) mass is 412 g/mol.